The fraction of sp³-hybridized carbons (Fsp3) is 0.562. The lowest BCUT2D eigenvalue weighted by atomic mass is 9.96. The summed E-state index contributed by atoms with van der Waals surface area (Å²) < 4.78 is 0. The smallest absolute Gasteiger partial charge is 0.223 e. The van der Waals surface area contributed by atoms with Crippen LogP contribution in [0.15, 0.2) is 24.3 Å². The maximum absolute atomic E-state index is 12.4. The van der Waals surface area contributed by atoms with Gasteiger partial charge >= 0.3 is 0 Å². The molecule has 2 unspecified atom stereocenters. The average molecular weight is 275 g/mol. The van der Waals surface area contributed by atoms with Gasteiger partial charge in [0, 0.05) is 37.8 Å². The zero-order valence-corrected chi connectivity index (χ0v) is 12.7. The lowest BCUT2D eigenvalue weighted by Gasteiger charge is -2.38. The summed E-state index contributed by atoms with van der Waals surface area (Å²) in [6.07, 6.45) is 0.567. The number of nitrogens with two attached hydrogens (primary N) is 1. The van der Waals surface area contributed by atoms with Gasteiger partial charge in [0.15, 0.2) is 0 Å². The molecule has 4 nitrogen and oxygen atoms in total. The number of carbonyl (C=O) groups is 1. The van der Waals surface area contributed by atoms with Crippen LogP contribution in [0.4, 0.5) is 5.69 Å². The Bertz CT molecular complexity index is 457. The van der Waals surface area contributed by atoms with E-state index in [1.807, 2.05) is 29.2 Å². The van der Waals surface area contributed by atoms with Crippen LogP contribution >= 0.6 is 0 Å². The summed E-state index contributed by atoms with van der Waals surface area (Å²) in [7, 11) is 2.11. The molecule has 0 aliphatic carbocycles. The van der Waals surface area contributed by atoms with Gasteiger partial charge in [-0.2, -0.15) is 0 Å². The Morgan fingerprint density at radius 1 is 1.35 bits per heavy atom. The minimum absolute atomic E-state index is 0.231. The first-order valence-electron chi connectivity index (χ1n) is 7.31. The van der Waals surface area contributed by atoms with E-state index in [1.165, 1.54) is 5.56 Å². The van der Waals surface area contributed by atoms with Gasteiger partial charge in [0.2, 0.25) is 5.91 Å². The van der Waals surface area contributed by atoms with Crippen LogP contribution in [0.2, 0.25) is 0 Å². The van der Waals surface area contributed by atoms with Crippen LogP contribution < -0.4 is 5.73 Å². The largest absolute Gasteiger partial charge is 0.399 e. The number of likely N-dealkylation sites (N-methyl/N-ethyl adjacent to an activating group) is 1. The number of rotatable bonds is 3. The molecule has 0 aromatic heterocycles. The Hall–Kier alpha value is -1.55. The summed E-state index contributed by atoms with van der Waals surface area (Å²) in [5.74, 6) is 0.491. The van der Waals surface area contributed by atoms with E-state index in [0.29, 0.717) is 12.5 Å². The average Bonchev–Trinajstić information content (AvgIpc) is 2.39. The number of piperazine rings is 1. The Morgan fingerprint density at radius 2 is 2.00 bits per heavy atom. The molecule has 2 N–H and O–H groups in total. The van der Waals surface area contributed by atoms with Crippen molar-refractivity contribution in [3.8, 4) is 0 Å². The number of nitrogens with zero attached hydrogens (tertiary/aromatic N) is 2. The second kappa shape index (κ2) is 6.27. The molecule has 0 radical (unpaired) electrons. The normalized spacial score (nSPS) is 21.8. The van der Waals surface area contributed by atoms with E-state index >= 15 is 0 Å². The van der Waals surface area contributed by atoms with Crippen molar-refractivity contribution in [2.24, 2.45) is 0 Å². The van der Waals surface area contributed by atoms with Gasteiger partial charge in [-0.05, 0) is 37.6 Å². The van der Waals surface area contributed by atoms with Gasteiger partial charge in [0.05, 0.1) is 0 Å². The quantitative estimate of drug-likeness (QED) is 0.858. The Kier molecular flexibility index (Phi) is 4.65. The van der Waals surface area contributed by atoms with Crippen molar-refractivity contribution < 1.29 is 4.79 Å². The fourth-order valence-electron chi connectivity index (χ4n) is 2.83. The summed E-state index contributed by atoms with van der Waals surface area (Å²) in [6.45, 7) is 6.99. The monoisotopic (exact) mass is 275 g/mol. The molecule has 1 saturated heterocycles. The van der Waals surface area contributed by atoms with Gasteiger partial charge in [-0.3, -0.25) is 4.79 Å². The second-order valence-electron chi connectivity index (χ2n) is 5.97. The summed E-state index contributed by atoms with van der Waals surface area (Å²) in [5, 5.41) is 0. The Labute approximate surface area is 121 Å². The minimum atomic E-state index is 0.231. The molecule has 1 aliphatic heterocycles. The standard InChI is InChI=1S/C16H25N3O/c1-12(14-4-6-15(17)7-5-14)10-16(20)19-9-8-18(3)11-13(19)2/h4-7,12-13H,8-11,17H2,1-3H3. The first kappa shape index (κ1) is 14.9. The number of carbonyl (C=O) groups excluding carboxylic acids is 1. The van der Waals surface area contributed by atoms with Crippen LogP contribution in [0.3, 0.4) is 0 Å². The molecule has 1 aromatic carbocycles. The number of amides is 1. The molecule has 2 rings (SSSR count). The van der Waals surface area contributed by atoms with E-state index in [-0.39, 0.29) is 11.8 Å². The molecule has 4 heteroatoms. The van der Waals surface area contributed by atoms with E-state index in [1.54, 1.807) is 0 Å². The van der Waals surface area contributed by atoms with E-state index in [4.69, 9.17) is 5.73 Å². The van der Waals surface area contributed by atoms with Crippen molar-refractivity contribution in [3.05, 3.63) is 29.8 Å². The van der Waals surface area contributed by atoms with Gasteiger partial charge in [-0.25, -0.2) is 0 Å². The van der Waals surface area contributed by atoms with Crippen LogP contribution in [0.1, 0.15) is 31.7 Å². The third kappa shape index (κ3) is 3.51. The van der Waals surface area contributed by atoms with Crippen molar-refractivity contribution in [1.29, 1.82) is 0 Å². The third-order valence-corrected chi connectivity index (χ3v) is 4.14. The van der Waals surface area contributed by atoms with Gasteiger partial charge < -0.3 is 15.5 Å². The van der Waals surface area contributed by atoms with E-state index in [0.717, 1.165) is 25.3 Å². The third-order valence-electron chi connectivity index (χ3n) is 4.14. The molecular formula is C16H25N3O. The maximum Gasteiger partial charge on any atom is 0.223 e. The number of nitrogen functional groups attached to an aromatic ring is 1. The van der Waals surface area contributed by atoms with Crippen LogP contribution in [0.25, 0.3) is 0 Å². The summed E-state index contributed by atoms with van der Waals surface area (Å²) in [4.78, 5) is 16.7. The highest BCUT2D eigenvalue weighted by Gasteiger charge is 2.26. The molecule has 1 fully saturated rings. The van der Waals surface area contributed by atoms with Gasteiger partial charge in [-0.15, -0.1) is 0 Å². The lowest BCUT2D eigenvalue weighted by Crippen LogP contribution is -2.52. The lowest BCUT2D eigenvalue weighted by molar-refractivity contribution is -0.135. The Morgan fingerprint density at radius 3 is 2.60 bits per heavy atom. The number of benzene rings is 1. The maximum atomic E-state index is 12.4. The molecule has 0 saturated carbocycles. The summed E-state index contributed by atoms with van der Waals surface area (Å²) in [5.41, 5.74) is 7.64. The molecule has 1 heterocycles. The summed E-state index contributed by atoms with van der Waals surface area (Å²) >= 11 is 0. The van der Waals surface area contributed by atoms with Crippen LogP contribution in [-0.2, 0) is 4.79 Å². The van der Waals surface area contributed by atoms with E-state index in [9.17, 15) is 4.79 Å². The van der Waals surface area contributed by atoms with Crippen molar-refractivity contribution >= 4 is 11.6 Å². The first-order chi connectivity index (χ1) is 9.47. The molecule has 1 amide bonds. The molecule has 0 spiro atoms. The van der Waals surface area contributed by atoms with Crippen molar-refractivity contribution in [1.82, 2.24) is 9.80 Å². The highest BCUT2D eigenvalue weighted by atomic mass is 16.2. The van der Waals surface area contributed by atoms with Crippen LogP contribution in [0.5, 0.6) is 0 Å². The van der Waals surface area contributed by atoms with Gasteiger partial charge in [0.25, 0.3) is 0 Å². The molecule has 2 atom stereocenters. The second-order valence-corrected chi connectivity index (χ2v) is 5.97. The molecule has 110 valence electrons. The number of anilines is 1. The predicted molar refractivity (Wildman–Crippen MR) is 82.6 cm³/mol. The zero-order chi connectivity index (χ0) is 14.7. The van der Waals surface area contributed by atoms with Crippen LogP contribution in [0, 0.1) is 0 Å². The predicted octanol–water partition coefficient (Wildman–Crippen LogP) is 1.92. The van der Waals surface area contributed by atoms with E-state index in [2.05, 4.69) is 25.8 Å². The molecular weight excluding hydrogens is 250 g/mol. The van der Waals surface area contributed by atoms with Gasteiger partial charge in [-0.1, -0.05) is 19.1 Å². The highest BCUT2D eigenvalue weighted by Crippen LogP contribution is 2.22. The molecule has 20 heavy (non-hydrogen) atoms. The molecule has 1 aromatic rings. The first-order valence-corrected chi connectivity index (χ1v) is 7.31. The highest BCUT2D eigenvalue weighted by molar-refractivity contribution is 5.77. The van der Waals surface area contributed by atoms with Crippen molar-refractivity contribution in [2.75, 3.05) is 32.4 Å². The topological polar surface area (TPSA) is 49.6 Å². The van der Waals surface area contributed by atoms with Gasteiger partial charge in [0.1, 0.15) is 0 Å². The fourth-order valence-corrected chi connectivity index (χ4v) is 2.83. The zero-order valence-electron chi connectivity index (χ0n) is 12.7. The number of hydrogen-bond donors (Lipinski definition) is 1. The SMILES string of the molecule is CC(CC(=O)N1CCN(C)CC1C)c1ccc(N)cc1. The van der Waals surface area contributed by atoms with E-state index < -0.39 is 0 Å². The van der Waals surface area contributed by atoms with Crippen LogP contribution in [-0.4, -0.2) is 48.4 Å². The molecule has 0 bridgehead atoms. The van der Waals surface area contributed by atoms with Crippen molar-refractivity contribution in [3.63, 3.8) is 0 Å². The molecule has 1 aliphatic rings. The minimum Gasteiger partial charge on any atom is -0.399 e. The summed E-state index contributed by atoms with van der Waals surface area (Å²) in [6, 6.07) is 8.13. The van der Waals surface area contributed by atoms with Crippen molar-refractivity contribution in [2.45, 2.75) is 32.2 Å². The Balaban J connectivity index is 1.95. The number of hydrogen-bond acceptors (Lipinski definition) is 3.